The molecule has 0 unspecified atom stereocenters. The zero-order valence-electron chi connectivity index (χ0n) is 13.4. The van der Waals surface area contributed by atoms with E-state index >= 15 is 0 Å². The molecule has 1 aromatic rings. The molecule has 1 aromatic heterocycles. The van der Waals surface area contributed by atoms with Crippen molar-refractivity contribution in [3.63, 3.8) is 0 Å². The summed E-state index contributed by atoms with van der Waals surface area (Å²) >= 11 is 0. The first-order valence-electron chi connectivity index (χ1n) is 7.46. The van der Waals surface area contributed by atoms with Gasteiger partial charge in [-0.25, -0.2) is 4.98 Å². The molecule has 2 rings (SSSR count). The lowest BCUT2D eigenvalue weighted by Gasteiger charge is -2.39. The van der Waals surface area contributed by atoms with Gasteiger partial charge in [0.2, 0.25) is 0 Å². The Labute approximate surface area is 122 Å². The predicted octanol–water partition coefficient (Wildman–Crippen LogP) is 2.50. The fraction of sp³-hybridized carbons (Fsp3) is 0.688. The van der Waals surface area contributed by atoms with Crippen LogP contribution in [0.5, 0.6) is 0 Å². The molecule has 112 valence electrons. The first-order chi connectivity index (χ1) is 9.37. The standard InChI is InChI=1S/C16H27N3O/c1-12(2)17-10-14-6-7-15(18-13(14)3)19-8-9-20-16(4,5)11-19/h6-7,12,17H,8-11H2,1-5H3. The first-order valence-corrected chi connectivity index (χ1v) is 7.46. The summed E-state index contributed by atoms with van der Waals surface area (Å²) in [6, 6.07) is 4.82. The molecular weight excluding hydrogens is 250 g/mol. The molecule has 0 spiro atoms. The summed E-state index contributed by atoms with van der Waals surface area (Å²) < 4.78 is 5.76. The molecule has 4 heteroatoms. The van der Waals surface area contributed by atoms with Crippen LogP contribution in [-0.4, -0.2) is 36.3 Å². The minimum absolute atomic E-state index is 0.0916. The summed E-state index contributed by atoms with van der Waals surface area (Å²) in [6.07, 6.45) is 0. The number of aryl methyl sites for hydroxylation is 1. The molecule has 4 nitrogen and oxygen atoms in total. The van der Waals surface area contributed by atoms with Gasteiger partial charge in [0.15, 0.2) is 0 Å². The first kappa shape index (κ1) is 15.3. The smallest absolute Gasteiger partial charge is 0.128 e. The third kappa shape index (κ3) is 3.93. The minimum Gasteiger partial charge on any atom is -0.372 e. The Morgan fingerprint density at radius 3 is 2.75 bits per heavy atom. The van der Waals surface area contributed by atoms with Crippen molar-refractivity contribution in [1.82, 2.24) is 10.3 Å². The van der Waals surface area contributed by atoms with Gasteiger partial charge in [0.25, 0.3) is 0 Å². The number of hydrogen-bond donors (Lipinski definition) is 1. The van der Waals surface area contributed by atoms with Gasteiger partial charge in [-0.1, -0.05) is 19.9 Å². The number of nitrogens with zero attached hydrogens (tertiary/aromatic N) is 2. The van der Waals surface area contributed by atoms with Gasteiger partial charge in [-0.3, -0.25) is 0 Å². The predicted molar refractivity (Wildman–Crippen MR) is 83.2 cm³/mol. The van der Waals surface area contributed by atoms with E-state index in [1.54, 1.807) is 0 Å². The lowest BCUT2D eigenvalue weighted by Crippen LogP contribution is -2.48. The van der Waals surface area contributed by atoms with E-state index in [1.807, 2.05) is 0 Å². The largest absolute Gasteiger partial charge is 0.372 e. The van der Waals surface area contributed by atoms with E-state index in [0.717, 1.165) is 37.8 Å². The number of aromatic nitrogens is 1. The van der Waals surface area contributed by atoms with Gasteiger partial charge < -0.3 is 15.0 Å². The highest BCUT2D eigenvalue weighted by Gasteiger charge is 2.27. The number of hydrogen-bond acceptors (Lipinski definition) is 4. The van der Waals surface area contributed by atoms with Crippen LogP contribution in [0.15, 0.2) is 12.1 Å². The summed E-state index contributed by atoms with van der Waals surface area (Å²) in [5.74, 6) is 1.06. The van der Waals surface area contributed by atoms with Crippen molar-refractivity contribution in [2.75, 3.05) is 24.6 Å². The monoisotopic (exact) mass is 277 g/mol. The van der Waals surface area contributed by atoms with E-state index in [2.05, 4.69) is 57.0 Å². The summed E-state index contributed by atoms with van der Waals surface area (Å²) in [7, 11) is 0. The fourth-order valence-corrected chi connectivity index (χ4v) is 2.47. The van der Waals surface area contributed by atoms with E-state index in [1.165, 1.54) is 5.56 Å². The van der Waals surface area contributed by atoms with Gasteiger partial charge in [0, 0.05) is 31.4 Å². The Morgan fingerprint density at radius 2 is 2.15 bits per heavy atom. The molecule has 0 aliphatic carbocycles. The maximum Gasteiger partial charge on any atom is 0.128 e. The van der Waals surface area contributed by atoms with Gasteiger partial charge in [-0.2, -0.15) is 0 Å². The molecular formula is C16H27N3O. The molecule has 1 aliphatic rings. The van der Waals surface area contributed by atoms with E-state index in [9.17, 15) is 0 Å². The summed E-state index contributed by atoms with van der Waals surface area (Å²) in [6.45, 7) is 14.1. The lowest BCUT2D eigenvalue weighted by atomic mass is 10.1. The van der Waals surface area contributed by atoms with Crippen LogP contribution in [0, 0.1) is 6.92 Å². The highest BCUT2D eigenvalue weighted by molar-refractivity contribution is 5.42. The van der Waals surface area contributed by atoms with Gasteiger partial charge in [-0.15, -0.1) is 0 Å². The van der Waals surface area contributed by atoms with Crippen LogP contribution in [-0.2, 0) is 11.3 Å². The molecule has 1 saturated heterocycles. The van der Waals surface area contributed by atoms with Crippen LogP contribution in [0.2, 0.25) is 0 Å². The molecule has 1 N–H and O–H groups in total. The Morgan fingerprint density at radius 1 is 1.40 bits per heavy atom. The Balaban J connectivity index is 2.08. The molecule has 1 fully saturated rings. The summed E-state index contributed by atoms with van der Waals surface area (Å²) in [5.41, 5.74) is 2.29. The molecule has 0 amide bonds. The molecule has 0 bridgehead atoms. The lowest BCUT2D eigenvalue weighted by molar-refractivity contribution is -0.0279. The van der Waals surface area contributed by atoms with Crippen molar-refractivity contribution < 1.29 is 4.74 Å². The second-order valence-electron chi connectivity index (χ2n) is 6.48. The van der Waals surface area contributed by atoms with Crippen molar-refractivity contribution >= 4 is 5.82 Å². The van der Waals surface area contributed by atoms with Crippen molar-refractivity contribution in [1.29, 1.82) is 0 Å². The van der Waals surface area contributed by atoms with Crippen molar-refractivity contribution in [2.45, 2.75) is 52.8 Å². The van der Waals surface area contributed by atoms with Crippen LogP contribution in [0.4, 0.5) is 5.82 Å². The fourth-order valence-electron chi connectivity index (χ4n) is 2.47. The maximum atomic E-state index is 5.76. The van der Waals surface area contributed by atoms with Gasteiger partial charge >= 0.3 is 0 Å². The zero-order chi connectivity index (χ0) is 14.8. The number of nitrogens with one attached hydrogen (secondary N) is 1. The number of anilines is 1. The Kier molecular flexibility index (Phi) is 4.66. The topological polar surface area (TPSA) is 37.4 Å². The maximum absolute atomic E-state index is 5.76. The number of pyridine rings is 1. The van der Waals surface area contributed by atoms with Crippen molar-refractivity contribution in [3.05, 3.63) is 23.4 Å². The number of rotatable bonds is 4. The average Bonchev–Trinajstić information content (AvgIpc) is 2.36. The summed E-state index contributed by atoms with van der Waals surface area (Å²) in [4.78, 5) is 7.09. The quantitative estimate of drug-likeness (QED) is 0.917. The normalized spacial score (nSPS) is 18.6. The van der Waals surface area contributed by atoms with Gasteiger partial charge in [0.1, 0.15) is 5.82 Å². The minimum atomic E-state index is -0.0916. The van der Waals surface area contributed by atoms with E-state index in [-0.39, 0.29) is 5.60 Å². The van der Waals surface area contributed by atoms with Crippen molar-refractivity contribution in [3.8, 4) is 0 Å². The second kappa shape index (κ2) is 6.10. The van der Waals surface area contributed by atoms with Crippen LogP contribution in [0.25, 0.3) is 0 Å². The highest BCUT2D eigenvalue weighted by atomic mass is 16.5. The number of ether oxygens (including phenoxy) is 1. The van der Waals surface area contributed by atoms with Gasteiger partial charge in [-0.05, 0) is 32.4 Å². The Bertz CT molecular complexity index is 457. The number of morpholine rings is 1. The molecule has 1 aliphatic heterocycles. The molecule has 0 aromatic carbocycles. The van der Waals surface area contributed by atoms with Crippen LogP contribution >= 0.6 is 0 Å². The molecule has 0 saturated carbocycles. The molecule has 2 heterocycles. The van der Waals surface area contributed by atoms with Gasteiger partial charge in [0.05, 0.1) is 12.2 Å². The molecule has 0 radical (unpaired) electrons. The Hall–Kier alpha value is -1.13. The SMILES string of the molecule is Cc1nc(N2CCOC(C)(C)C2)ccc1CNC(C)C. The third-order valence-electron chi connectivity index (χ3n) is 3.63. The second-order valence-corrected chi connectivity index (χ2v) is 6.48. The molecule has 0 atom stereocenters. The van der Waals surface area contributed by atoms with Crippen LogP contribution in [0.1, 0.15) is 39.0 Å². The molecule has 20 heavy (non-hydrogen) atoms. The average molecular weight is 277 g/mol. The van der Waals surface area contributed by atoms with Crippen LogP contribution in [0.3, 0.4) is 0 Å². The van der Waals surface area contributed by atoms with E-state index in [4.69, 9.17) is 9.72 Å². The summed E-state index contributed by atoms with van der Waals surface area (Å²) in [5, 5.41) is 3.44. The highest BCUT2D eigenvalue weighted by Crippen LogP contribution is 2.22. The third-order valence-corrected chi connectivity index (χ3v) is 3.63. The zero-order valence-corrected chi connectivity index (χ0v) is 13.4. The van der Waals surface area contributed by atoms with Crippen LogP contribution < -0.4 is 10.2 Å². The van der Waals surface area contributed by atoms with E-state index < -0.39 is 0 Å². The van der Waals surface area contributed by atoms with Crippen molar-refractivity contribution in [2.24, 2.45) is 0 Å². The van der Waals surface area contributed by atoms with E-state index in [0.29, 0.717) is 6.04 Å².